The summed E-state index contributed by atoms with van der Waals surface area (Å²) in [6, 6.07) is 7.77. The van der Waals surface area contributed by atoms with Crippen LogP contribution in [0.3, 0.4) is 0 Å². The molecule has 1 heterocycles. The van der Waals surface area contributed by atoms with Crippen molar-refractivity contribution < 1.29 is 31.6 Å². The Balaban J connectivity index is 1.73. The van der Waals surface area contributed by atoms with E-state index in [4.69, 9.17) is 9.26 Å². The maximum atomic E-state index is 13.5. The molecule has 0 aliphatic rings. The van der Waals surface area contributed by atoms with Crippen molar-refractivity contribution in [3.05, 3.63) is 59.5 Å². The number of alkyl halides is 2. The van der Waals surface area contributed by atoms with Crippen LogP contribution < -0.4 is 9.47 Å². The Bertz CT molecular complexity index is 1010. The van der Waals surface area contributed by atoms with Gasteiger partial charge in [0.2, 0.25) is 11.7 Å². The summed E-state index contributed by atoms with van der Waals surface area (Å²) in [6.07, 6.45) is 0. The van der Waals surface area contributed by atoms with E-state index in [1.165, 1.54) is 31.4 Å². The van der Waals surface area contributed by atoms with Crippen LogP contribution in [0.4, 0.5) is 17.6 Å². The topological polar surface area (TPSA) is 60.6 Å². The quantitative estimate of drug-likeness (QED) is 0.483. The van der Waals surface area contributed by atoms with Crippen LogP contribution in [0.2, 0.25) is 0 Å². The van der Waals surface area contributed by atoms with Crippen LogP contribution in [0.5, 0.6) is 11.5 Å². The maximum absolute atomic E-state index is 13.5. The molecule has 1 unspecified atom stereocenters. The van der Waals surface area contributed by atoms with Crippen LogP contribution in [0.15, 0.2) is 40.9 Å². The van der Waals surface area contributed by atoms with Crippen LogP contribution in [-0.2, 0) is 6.54 Å². The van der Waals surface area contributed by atoms with Crippen LogP contribution in [0.1, 0.15) is 24.4 Å². The molecule has 0 spiro atoms. The number of ether oxygens (including phenoxy) is 2. The number of aromatic nitrogens is 2. The minimum Gasteiger partial charge on any atom is -0.493 e. The maximum Gasteiger partial charge on any atom is 0.387 e. The Morgan fingerprint density at radius 2 is 1.83 bits per heavy atom. The summed E-state index contributed by atoms with van der Waals surface area (Å²) in [5, 5.41) is 3.90. The molecule has 30 heavy (non-hydrogen) atoms. The predicted molar refractivity (Wildman–Crippen MR) is 99.2 cm³/mol. The van der Waals surface area contributed by atoms with Gasteiger partial charge in [0, 0.05) is 11.6 Å². The third kappa shape index (κ3) is 4.88. The molecule has 0 bridgehead atoms. The fraction of sp³-hybridized carbons (Fsp3) is 0.300. The molecular weight excluding hydrogens is 406 g/mol. The van der Waals surface area contributed by atoms with E-state index in [2.05, 4.69) is 14.9 Å². The molecule has 0 aliphatic heterocycles. The third-order valence-corrected chi connectivity index (χ3v) is 4.58. The highest BCUT2D eigenvalue weighted by Crippen LogP contribution is 2.32. The van der Waals surface area contributed by atoms with E-state index >= 15 is 0 Å². The molecule has 2 aromatic carbocycles. The Labute approximate surface area is 170 Å². The molecule has 3 rings (SSSR count). The summed E-state index contributed by atoms with van der Waals surface area (Å²) < 4.78 is 66.2. The van der Waals surface area contributed by atoms with E-state index in [0.29, 0.717) is 11.1 Å². The van der Waals surface area contributed by atoms with Crippen molar-refractivity contribution in [2.75, 3.05) is 14.2 Å². The van der Waals surface area contributed by atoms with Gasteiger partial charge in [0.05, 0.1) is 13.7 Å². The van der Waals surface area contributed by atoms with Gasteiger partial charge in [-0.25, -0.2) is 8.78 Å². The lowest BCUT2D eigenvalue weighted by Gasteiger charge is -2.23. The summed E-state index contributed by atoms with van der Waals surface area (Å²) in [5.41, 5.74) is 1.08. The van der Waals surface area contributed by atoms with Gasteiger partial charge in [-0.05, 0) is 49.9 Å². The average molecular weight is 425 g/mol. The largest absolute Gasteiger partial charge is 0.493 e. The van der Waals surface area contributed by atoms with Crippen LogP contribution in [-0.4, -0.2) is 35.8 Å². The summed E-state index contributed by atoms with van der Waals surface area (Å²) in [6.45, 7) is -0.901. The Morgan fingerprint density at radius 1 is 1.07 bits per heavy atom. The zero-order valence-corrected chi connectivity index (χ0v) is 16.4. The van der Waals surface area contributed by atoms with Crippen LogP contribution in [0.25, 0.3) is 11.4 Å². The number of halogens is 4. The zero-order chi connectivity index (χ0) is 21.8. The zero-order valence-electron chi connectivity index (χ0n) is 16.4. The summed E-state index contributed by atoms with van der Waals surface area (Å²) in [5.74, 6) is -1.31. The standard InChI is InChI=1S/C20H19F4N3O3/c1-11(12-4-6-14(21)15(22)8-12)27(2)10-18-25-19(26-30-18)13-5-7-16(29-20(23)24)17(9-13)28-3/h4-9,11,20H,10H2,1-3H3. The molecular formula is C20H19F4N3O3. The van der Waals surface area contributed by atoms with E-state index in [1.54, 1.807) is 7.05 Å². The molecule has 0 N–H and O–H groups in total. The fourth-order valence-electron chi connectivity index (χ4n) is 2.81. The smallest absolute Gasteiger partial charge is 0.387 e. The van der Waals surface area contributed by atoms with Gasteiger partial charge < -0.3 is 14.0 Å². The fourth-order valence-corrected chi connectivity index (χ4v) is 2.81. The third-order valence-electron chi connectivity index (χ3n) is 4.58. The first kappa shape index (κ1) is 21.6. The van der Waals surface area contributed by atoms with Crippen molar-refractivity contribution >= 4 is 0 Å². The minimum atomic E-state index is -2.98. The molecule has 1 atom stereocenters. The van der Waals surface area contributed by atoms with Crippen molar-refractivity contribution in [3.63, 3.8) is 0 Å². The number of nitrogens with zero attached hydrogens (tertiary/aromatic N) is 3. The molecule has 0 aliphatic carbocycles. The Hall–Kier alpha value is -3.14. The average Bonchev–Trinajstić information content (AvgIpc) is 3.17. The molecule has 10 heteroatoms. The van der Waals surface area contributed by atoms with Crippen molar-refractivity contribution in [1.29, 1.82) is 0 Å². The van der Waals surface area contributed by atoms with Gasteiger partial charge in [0.15, 0.2) is 23.1 Å². The van der Waals surface area contributed by atoms with E-state index in [9.17, 15) is 17.6 Å². The van der Waals surface area contributed by atoms with E-state index in [0.717, 1.165) is 12.1 Å². The second-order valence-corrected chi connectivity index (χ2v) is 6.52. The lowest BCUT2D eigenvalue weighted by Crippen LogP contribution is -2.22. The monoisotopic (exact) mass is 425 g/mol. The first-order valence-corrected chi connectivity index (χ1v) is 8.89. The van der Waals surface area contributed by atoms with Crippen LogP contribution in [0, 0.1) is 11.6 Å². The SMILES string of the molecule is COc1cc(-c2noc(CN(C)C(C)c3ccc(F)c(F)c3)n2)ccc1OC(F)F. The first-order valence-electron chi connectivity index (χ1n) is 8.89. The molecule has 0 saturated carbocycles. The van der Waals surface area contributed by atoms with Gasteiger partial charge in [-0.1, -0.05) is 11.2 Å². The van der Waals surface area contributed by atoms with Gasteiger partial charge in [-0.3, -0.25) is 4.90 Å². The molecule has 1 aromatic heterocycles. The molecule has 6 nitrogen and oxygen atoms in total. The van der Waals surface area contributed by atoms with Crippen molar-refractivity contribution in [2.24, 2.45) is 0 Å². The van der Waals surface area contributed by atoms with Gasteiger partial charge in [-0.15, -0.1) is 0 Å². The van der Waals surface area contributed by atoms with E-state index in [-0.39, 0.29) is 35.8 Å². The summed E-state index contributed by atoms with van der Waals surface area (Å²) in [4.78, 5) is 6.12. The Morgan fingerprint density at radius 3 is 2.50 bits per heavy atom. The van der Waals surface area contributed by atoms with E-state index in [1.807, 2.05) is 11.8 Å². The molecule has 0 saturated heterocycles. The van der Waals surface area contributed by atoms with Crippen LogP contribution >= 0.6 is 0 Å². The molecule has 0 fully saturated rings. The highest BCUT2D eigenvalue weighted by molar-refractivity contribution is 5.60. The molecule has 3 aromatic rings. The normalized spacial score (nSPS) is 12.4. The number of hydrogen-bond donors (Lipinski definition) is 0. The second-order valence-electron chi connectivity index (χ2n) is 6.52. The number of rotatable bonds is 8. The van der Waals surface area contributed by atoms with E-state index < -0.39 is 18.2 Å². The Kier molecular flexibility index (Phi) is 6.56. The highest BCUT2D eigenvalue weighted by atomic mass is 19.3. The minimum absolute atomic E-state index is 0.100. The molecule has 0 radical (unpaired) electrons. The van der Waals surface area contributed by atoms with Gasteiger partial charge in [0.25, 0.3) is 0 Å². The lowest BCUT2D eigenvalue weighted by molar-refractivity contribution is -0.0512. The molecule has 160 valence electrons. The van der Waals surface area contributed by atoms with Crippen molar-refractivity contribution in [2.45, 2.75) is 26.1 Å². The lowest BCUT2D eigenvalue weighted by atomic mass is 10.1. The second kappa shape index (κ2) is 9.12. The number of benzene rings is 2. The van der Waals surface area contributed by atoms with Crippen molar-refractivity contribution in [3.8, 4) is 22.9 Å². The first-order chi connectivity index (χ1) is 14.3. The number of hydrogen-bond acceptors (Lipinski definition) is 6. The van der Waals surface area contributed by atoms with Gasteiger partial charge in [0.1, 0.15) is 0 Å². The predicted octanol–water partition coefficient (Wildman–Crippen LogP) is 4.82. The number of methoxy groups -OCH3 is 1. The van der Waals surface area contributed by atoms with Gasteiger partial charge in [-0.2, -0.15) is 13.8 Å². The highest BCUT2D eigenvalue weighted by Gasteiger charge is 2.19. The van der Waals surface area contributed by atoms with Crippen molar-refractivity contribution in [1.82, 2.24) is 15.0 Å². The molecule has 0 amide bonds. The summed E-state index contributed by atoms with van der Waals surface area (Å²) in [7, 11) is 3.10. The van der Waals surface area contributed by atoms with Gasteiger partial charge >= 0.3 is 6.61 Å². The summed E-state index contributed by atoms with van der Waals surface area (Å²) >= 11 is 0.